The number of halogens is 2. The van der Waals surface area contributed by atoms with Crippen molar-refractivity contribution >= 4 is 35.0 Å². The number of nitrogens with zero attached hydrogens (tertiary/aromatic N) is 4. The number of amides is 2. The number of nitrogens with one attached hydrogen (secondary N) is 2. The summed E-state index contributed by atoms with van der Waals surface area (Å²) >= 11 is 14.3. The second-order valence-electron chi connectivity index (χ2n) is 14.5. The van der Waals surface area contributed by atoms with Crippen LogP contribution in [0.15, 0.2) is 60.8 Å². The third-order valence-corrected chi connectivity index (χ3v) is 11.6. The normalized spacial score (nSPS) is 17.1. The molecule has 2 aromatic carbocycles. The summed E-state index contributed by atoms with van der Waals surface area (Å²) in [6.07, 6.45) is 4.53. The molecule has 284 valence electrons. The lowest BCUT2D eigenvalue weighted by atomic mass is 9.79. The van der Waals surface area contributed by atoms with E-state index in [1.165, 1.54) is 0 Å². The Balaban J connectivity index is 1.05. The molecular formula is C41H46Cl2N6O5. The van der Waals surface area contributed by atoms with Crippen LogP contribution >= 0.6 is 23.2 Å². The van der Waals surface area contributed by atoms with Crippen molar-refractivity contribution in [2.24, 2.45) is 5.41 Å². The van der Waals surface area contributed by atoms with Crippen molar-refractivity contribution in [1.82, 2.24) is 30.4 Å². The third kappa shape index (κ3) is 8.06. The molecule has 2 N–H and O–H groups in total. The number of rotatable bonds is 13. The Hall–Kier alpha value is -4.26. The monoisotopic (exact) mass is 772 g/mol. The van der Waals surface area contributed by atoms with Crippen molar-refractivity contribution in [2.45, 2.75) is 44.8 Å². The number of pyridine rings is 2. The largest absolute Gasteiger partial charge is 0.496 e. The SMILES string of the molecule is COCCC(=O)N1CCC(NCc2ccc(-c3cccc(-c4ccnc(-c5ccc(CN6CC7(CNC(=O)C7)C6)c(OC)c5)c4Cl)c3Cl)nc2OC)CC1. The lowest BCUT2D eigenvalue weighted by Gasteiger charge is -2.47. The topological polar surface area (TPSA) is 118 Å². The highest BCUT2D eigenvalue weighted by Crippen LogP contribution is 2.43. The molecule has 0 atom stereocenters. The second-order valence-corrected chi connectivity index (χ2v) is 15.2. The Morgan fingerprint density at radius 3 is 2.44 bits per heavy atom. The summed E-state index contributed by atoms with van der Waals surface area (Å²) in [6, 6.07) is 18.0. The van der Waals surface area contributed by atoms with Gasteiger partial charge < -0.3 is 29.7 Å². The number of methoxy groups -OCH3 is 3. The molecule has 1 spiro atoms. The molecule has 4 aromatic rings. The fraction of sp³-hybridized carbons (Fsp3) is 0.415. The fourth-order valence-corrected chi connectivity index (χ4v) is 8.56. The summed E-state index contributed by atoms with van der Waals surface area (Å²) < 4.78 is 16.6. The van der Waals surface area contributed by atoms with Crippen LogP contribution in [0.25, 0.3) is 33.6 Å². The first-order valence-corrected chi connectivity index (χ1v) is 19.1. The number of hydrogen-bond acceptors (Lipinski definition) is 9. The molecule has 2 amide bonds. The van der Waals surface area contributed by atoms with Crippen molar-refractivity contribution in [3.63, 3.8) is 0 Å². The van der Waals surface area contributed by atoms with Crippen LogP contribution < -0.4 is 20.1 Å². The Kier molecular flexibility index (Phi) is 11.7. The van der Waals surface area contributed by atoms with Gasteiger partial charge in [-0.15, -0.1) is 0 Å². The Labute approximate surface area is 326 Å². The molecule has 0 radical (unpaired) electrons. The van der Waals surface area contributed by atoms with E-state index in [0.717, 1.165) is 91.2 Å². The number of hydrogen-bond donors (Lipinski definition) is 2. The summed E-state index contributed by atoms with van der Waals surface area (Å²) in [6.45, 7) is 5.76. The Bertz CT molecular complexity index is 2010. The summed E-state index contributed by atoms with van der Waals surface area (Å²) in [5, 5.41) is 7.59. The number of likely N-dealkylation sites (tertiary alicyclic amines) is 2. The number of ether oxygens (including phenoxy) is 3. The van der Waals surface area contributed by atoms with Gasteiger partial charge in [0.05, 0.1) is 48.7 Å². The van der Waals surface area contributed by atoms with E-state index in [-0.39, 0.29) is 17.2 Å². The molecule has 13 heteroatoms. The van der Waals surface area contributed by atoms with Gasteiger partial charge in [0.1, 0.15) is 5.75 Å². The van der Waals surface area contributed by atoms with E-state index in [1.807, 2.05) is 53.4 Å². The van der Waals surface area contributed by atoms with Gasteiger partial charge in [-0.2, -0.15) is 0 Å². The Morgan fingerprint density at radius 1 is 0.963 bits per heavy atom. The minimum absolute atomic E-state index is 0.0668. The average Bonchev–Trinajstić information content (AvgIpc) is 3.58. The van der Waals surface area contributed by atoms with Crippen LogP contribution in [-0.2, 0) is 27.4 Å². The van der Waals surface area contributed by atoms with Gasteiger partial charge in [0.2, 0.25) is 17.7 Å². The summed E-state index contributed by atoms with van der Waals surface area (Å²) in [4.78, 5) is 37.9. The summed E-state index contributed by atoms with van der Waals surface area (Å²) in [5.74, 6) is 1.57. The van der Waals surface area contributed by atoms with E-state index in [2.05, 4.69) is 26.6 Å². The molecule has 54 heavy (non-hydrogen) atoms. The van der Waals surface area contributed by atoms with Gasteiger partial charge in [0, 0.05) is 110 Å². The molecule has 0 unspecified atom stereocenters. The van der Waals surface area contributed by atoms with Gasteiger partial charge in [0.25, 0.3) is 0 Å². The summed E-state index contributed by atoms with van der Waals surface area (Å²) in [5.41, 5.74) is 6.47. The molecule has 0 saturated carbocycles. The van der Waals surface area contributed by atoms with Gasteiger partial charge in [-0.25, -0.2) is 4.98 Å². The highest BCUT2D eigenvalue weighted by atomic mass is 35.5. The van der Waals surface area contributed by atoms with Crippen molar-refractivity contribution in [3.05, 3.63) is 82.0 Å². The molecule has 3 fully saturated rings. The van der Waals surface area contributed by atoms with E-state index in [9.17, 15) is 9.59 Å². The highest BCUT2D eigenvalue weighted by Gasteiger charge is 2.47. The van der Waals surface area contributed by atoms with Gasteiger partial charge in [0.15, 0.2) is 0 Å². The molecule has 3 aliphatic heterocycles. The number of carbonyl (C=O) groups excluding carboxylic acids is 2. The lowest BCUT2D eigenvalue weighted by Crippen LogP contribution is -2.56. The fourth-order valence-electron chi connectivity index (χ4n) is 7.91. The van der Waals surface area contributed by atoms with E-state index in [1.54, 1.807) is 27.5 Å². The zero-order valence-corrected chi connectivity index (χ0v) is 32.4. The zero-order valence-electron chi connectivity index (χ0n) is 30.9. The van der Waals surface area contributed by atoms with Gasteiger partial charge >= 0.3 is 0 Å². The van der Waals surface area contributed by atoms with Gasteiger partial charge in [-0.05, 0) is 31.0 Å². The van der Waals surface area contributed by atoms with Crippen molar-refractivity contribution in [2.75, 3.05) is 60.7 Å². The standard InChI is InChI=1S/C41H46Cl2N6O5/c1-52-18-14-36(51)49-16-12-29(13-17-49)45-21-27-9-10-33(47-40(27)54-3)32-6-4-5-30(37(32)42)31-11-15-44-39(38(31)43)26-7-8-28(34(19-26)53-2)22-48-24-41(25-48)20-35(50)46-23-41/h4-11,15,19,29,45H,12-14,16-18,20-25H2,1-3H3,(H,46,50). The maximum absolute atomic E-state index is 12.4. The van der Waals surface area contributed by atoms with E-state index < -0.39 is 0 Å². The molecule has 5 heterocycles. The molecule has 0 bridgehead atoms. The first kappa shape index (κ1) is 38.0. The second kappa shape index (κ2) is 16.6. The predicted molar refractivity (Wildman–Crippen MR) is 210 cm³/mol. The van der Waals surface area contributed by atoms with Crippen molar-refractivity contribution in [3.8, 4) is 45.3 Å². The number of carbonyl (C=O) groups is 2. The predicted octanol–water partition coefficient (Wildman–Crippen LogP) is 6.24. The summed E-state index contributed by atoms with van der Waals surface area (Å²) in [7, 11) is 4.90. The lowest BCUT2D eigenvalue weighted by molar-refractivity contribution is -0.133. The number of piperidine rings is 1. The van der Waals surface area contributed by atoms with E-state index in [4.69, 9.17) is 42.4 Å². The molecule has 3 aliphatic rings. The van der Waals surface area contributed by atoms with Crippen LogP contribution in [0.1, 0.15) is 36.8 Å². The van der Waals surface area contributed by atoms with Crippen LogP contribution in [0.4, 0.5) is 0 Å². The molecule has 11 nitrogen and oxygen atoms in total. The zero-order chi connectivity index (χ0) is 37.8. The van der Waals surface area contributed by atoms with Gasteiger partial charge in [-0.3, -0.25) is 19.5 Å². The Morgan fingerprint density at radius 2 is 1.72 bits per heavy atom. The van der Waals surface area contributed by atoms with Crippen molar-refractivity contribution < 1.29 is 23.8 Å². The first-order chi connectivity index (χ1) is 26.2. The third-order valence-electron chi connectivity index (χ3n) is 10.8. The van der Waals surface area contributed by atoms with Crippen LogP contribution in [0.2, 0.25) is 10.0 Å². The molecule has 2 aromatic heterocycles. The van der Waals surface area contributed by atoms with Crippen LogP contribution in [0.5, 0.6) is 11.6 Å². The molecule has 7 rings (SSSR count). The molecular weight excluding hydrogens is 727 g/mol. The smallest absolute Gasteiger partial charge is 0.224 e. The maximum atomic E-state index is 12.4. The average molecular weight is 774 g/mol. The van der Waals surface area contributed by atoms with Gasteiger partial charge in [-0.1, -0.05) is 59.6 Å². The van der Waals surface area contributed by atoms with E-state index >= 15 is 0 Å². The number of aromatic nitrogens is 2. The van der Waals surface area contributed by atoms with Crippen LogP contribution in [-0.4, -0.2) is 98.3 Å². The van der Waals surface area contributed by atoms with Crippen LogP contribution in [0, 0.1) is 5.41 Å². The quantitative estimate of drug-likeness (QED) is 0.163. The maximum Gasteiger partial charge on any atom is 0.224 e. The van der Waals surface area contributed by atoms with E-state index in [0.29, 0.717) is 59.3 Å². The first-order valence-electron chi connectivity index (χ1n) is 18.3. The highest BCUT2D eigenvalue weighted by molar-refractivity contribution is 6.39. The van der Waals surface area contributed by atoms with Crippen molar-refractivity contribution in [1.29, 1.82) is 0 Å². The molecule has 0 aliphatic carbocycles. The minimum atomic E-state index is 0.0668. The molecule has 3 saturated heterocycles. The minimum Gasteiger partial charge on any atom is -0.496 e. The number of benzene rings is 2. The van der Waals surface area contributed by atoms with Crippen LogP contribution in [0.3, 0.4) is 0 Å².